The van der Waals surface area contributed by atoms with E-state index in [0.717, 1.165) is 21.6 Å². The minimum Gasteiger partial charge on any atom is -0.326 e. The van der Waals surface area contributed by atoms with Gasteiger partial charge in [-0.05, 0) is 36.8 Å². The van der Waals surface area contributed by atoms with E-state index in [1.165, 1.54) is 11.8 Å². The van der Waals surface area contributed by atoms with Crippen molar-refractivity contribution in [3.63, 3.8) is 0 Å². The van der Waals surface area contributed by atoms with E-state index in [9.17, 15) is 9.59 Å². The number of thioether (sulfide) groups is 1. The Labute approximate surface area is 151 Å². The maximum Gasteiger partial charge on any atom is 0.242 e. The van der Waals surface area contributed by atoms with Gasteiger partial charge >= 0.3 is 0 Å². The van der Waals surface area contributed by atoms with Crippen LogP contribution >= 0.6 is 11.8 Å². The van der Waals surface area contributed by atoms with Crippen molar-refractivity contribution < 1.29 is 9.59 Å². The molecule has 0 bridgehead atoms. The predicted molar refractivity (Wildman–Crippen MR) is 104 cm³/mol. The number of nitrogens with zero attached hydrogens (tertiary/aromatic N) is 2. The Morgan fingerprint density at radius 2 is 1.96 bits per heavy atom. The van der Waals surface area contributed by atoms with Gasteiger partial charge in [0.1, 0.15) is 5.25 Å². The molecular weight excluding hydrogens is 334 g/mol. The molecule has 2 aromatic rings. The average Bonchev–Trinajstić information content (AvgIpc) is 2.89. The Morgan fingerprint density at radius 3 is 2.68 bits per heavy atom. The van der Waals surface area contributed by atoms with Gasteiger partial charge < -0.3 is 5.32 Å². The van der Waals surface area contributed by atoms with Crippen molar-refractivity contribution >= 4 is 45.2 Å². The topological polar surface area (TPSA) is 61.8 Å². The fourth-order valence-electron chi connectivity index (χ4n) is 2.83. The predicted octanol–water partition coefficient (Wildman–Crippen LogP) is 3.51. The number of anilines is 1. The Balaban J connectivity index is 1.67. The van der Waals surface area contributed by atoms with Gasteiger partial charge in [0.25, 0.3) is 0 Å². The summed E-state index contributed by atoms with van der Waals surface area (Å²) in [5.41, 5.74) is 0.744. The molecule has 0 aliphatic carbocycles. The van der Waals surface area contributed by atoms with Gasteiger partial charge in [-0.1, -0.05) is 42.1 Å². The van der Waals surface area contributed by atoms with E-state index in [0.29, 0.717) is 13.1 Å². The van der Waals surface area contributed by atoms with Crippen LogP contribution in [0, 0.1) is 0 Å². The van der Waals surface area contributed by atoms with E-state index >= 15 is 0 Å². The number of hydrogen-bond donors (Lipinski definition) is 1. The van der Waals surface area contributed by atoms with Crippen molar-refractivity contribution in [1.82, 2.24) is 4.90 Å². The Kier molecular flexibility index (Phi) is 5.38. The molecule has 130 valence electrons. The van der Waals surface area contributed by atoms with E-state index in [-0.39, 0.29) is 18.2 Å². The molecule has 2 aromatic carbocycles. The Hall–Kier alpha value is -2.34. The highest BCUT2D eigenvalue weighted by Gasteiger charge is 2.37. The summed E-state index contributed by atoms with van der Waals surface area (Å²) in [6.45, 7) is 5.06. The van der Waals surface area contributed by atoms with Crippen LogP contribution in [0.1, 0.15) is 20.3 Å². The smallest absolute Gasteiger partial charge is 0.242 e. The minimum atomic E-state index is -0.397. The fraction of sp³-hybridized carbons (Fsp3) is 0.316. The maximum atomic E-state index is 12.4. The highest BCUT2D eigenvalue weighted by molar-refractivity contribution is 8.15. The average molecular weight is 355 g/mol. The molecule has 1 aliphatic rings. The van der Waals surface area contributed by atoms with Crippen molar-refractivity contribution in [3.05, 3.63) is 42.5 Å². The lowest BCUT2D eigenvalue weighted by molar-refractivity contribution is -0.128. The first-order valence-electron chi connectivity index (χ1n) is 8.43. The second-order valence-corrected chi connectivity index (χ2v) is 6.93. The molecule has 5 nitrogen and oxygen atoms in total. The number of hydrogen-bond acceptors (Lipinski definition) is 4. The van der Waals surface area contributed by atoms with Crippen LogP contribution in [0.4, 0.5) is 5.69 Å². The molecule has 2 amide bonds. The third-order valence-corrected chi connectivity index (χ3v) is 5.25. The molecule has 0 radical (unpaired) electrons. The standard InChI is InChI=1S/C19H21N3O2S/c1-3-20-19-22(4-2)18(24)16(25-19)12-17(23)21-15-10-9-13-7-5-6-8-14(13)11-15/h5-11,16H,3-4,12H2,1-2H3,(H,21,23). The van der Waals surface area contributed by atoms with Gasteiger partial charge in [-0.2, -0.15) is 0 Å². The summed E-state index contributed by atoms with van der Waals surface area (Å²) >= 11 is 1.38. The molecule has 1 aliphatic heterocycles. The first kappa shape index (κ1) is 17.5. The van der Waals surface area contributed by atoms with E-state index < -0.39 is 5.25 Å². The van der Waals surface area contributed by atoms with E-state index in [2.05, 4.69) is 10.3 Å². The largest absolute Gasteiger partial charge is 0.326 e. The minimum absolute atomic E-state index is 0.0339. The summed E-state index contributed by atoms with van der Waals surface area (Å²) in [6, 6.07) is 13.8. The van der Waals surface area contributed by atoms with Crippen molar-refractivity contribution in [2.24, 2.45) is 4.99 Å². The highest BCUT2D eigenvalue weighted by Crippen LogP contribution is 2.29. The Bertz CT molecular complexity index is 834. The zero-order valence-corrected chi connectivity index (χ0v) is 15.2. The molecule has 0 spiro atoms. The number of aliphatic imine (C=N–C) groups is 1. The van der Waals surface area contributed by atoms with Gasteiger partial charge in [0.2, 0.25) is 11.8 Å². The van der Waals surface area contributed by atoms with Crippen molar-refractivity contribution in [3.8, 4) is 0 Å². The summed E-state index contributed by atoms with van der Waals surface area (Å²) in [6.07, 6.45) is 0.148. The number of fused-ring (bicyclic) bond motifs is 1. The van der Waals surface area contributed by atoms with Gasteiger partial charge in [-0.15, -0.1) is 0 Å². The summed E-state index contributed by atoms with van der Waals surface area (Å²) in [5.74, 6) is -0.191. The first-order chi connectivity index (χ1) is 12.1. The third-order valence-electron chi connectivity index (χ3n) is 4.03. The van der Waals surface area contributed by atoms with Crippen LogP contribution in [0.2, 0.25) is 0 Å². The van der Waals surface area contributed by atoms with Gasteiger partial charge in [-0.25, -0.2) is 0 Å². The van der Waals surface area contributed by atoms with Crippen LogP contribution in [0.5, 0.6) is 0 Å². The number of nitrogens with one attached hydrogen (secondary N) is 1. The lowest BCUT2D eigenvalue weighted by Crippen LogP contribution is -2.33. The first-order valence-corrected chi connectivity index (χ1v) is 9.31. The van der Waals surface area contributed by atoms with Crippen LogP contribution in [-0.2, 0) is 9.59 Å². The number of amidine groups is 1. The number of amides is 2. The number of carbonyl (C=O) groups excluding carboxylic acids is 2. The molecule has 1 atom stereocenters. The van der Waals surface area contributed by atoms with Crippen LogP contribution in [0.15, 0.2) is 47.5 Å². The summed E-state index contributed by atoms with van der Waals surface area (Å²) in [4.78, 5) is 30.8. The van der Waals surface area contributed by atoms with Crippen molar-refractivity contribution in [2.75, 3.05) is 18.4 Å². The monoisotopic (exact) mass is 355 g/mol. The van der Waals surface area contributed by atoms with Crippen molar-refractivity contribution in [1.29, 1.82) is 0 Å². The molecule has 25 heavy (non-hydrogen) atoms. The quantitative estimate of drug-likeness (QED) is 0.893. The summed E-state index contributed by atoms with van der Waals surface area (Å²) in [7, 11) is 0. The number of benzene rings is 2. The molecule has 1 N–H and O–H groups in total. The van der Waals surface area contributed by atoms with Gasteiger partial charge in [0.05, 0.1) is 0 Å². The van der Waals surface area contributed by atoms with Gasteiger partial charge in [0.15, 0.2) is 5.17 Å². The lowest BCUT2D eigenvalue weighted by Gasteiger charge is -2.13. The fourth-order valence-corrected chi connectivity index (χ4v) is 4.10. The second kappa shape index (κ2) is 7.70. The van der Waals surface area contributed by atoms with Crippen LogP contribution in [0.3, 0.4) is 0 Å². The molecule has 0 aromatic heterocycles. The number of rotatable bonds is 5. The van der Waals surface area contributed by atoms with E-state index in [1.807, 2.05) is 56.3 Å². The van der Waals surface area contributed by atoms with E-state index in [4.69, 9.17) is 0 Å². The second-order valence-electron chi connectivity index (χ2n) is 5.76. The molecule has 1 heterocycles. The molecule has 0 saturated carbocycles. The molecule has 1 fully saturated rings. The molecular formula is C19H21N3O2S. The normalized spacial score (nSPS) is 19.0. The van der Waals surface area contributed by atoms with Gasteiger partial charge in [-0.3, -0.25) is 19.5 Å². The summed E-state index contributed by atoms with van der Waals surface area (Å²) < 4.78 is 0. The van der Waals surface area contributed by atoms with Crippen LogP contribution in [0.25, 0.3) is 10.8 Å². The SMILES string of the molecule is CCN=C1SC(CC(=O)Nc2ccc3ccccc3c2)C(=O)N1CC. The Morgan fingerprint density at radius 1 is 1.20 bits per heavy atom. The lowest BCUT2D eigenvalue weighted by atomic mass is 10.1. The van der Waals surface area contributed by atoms with Crippen molar-refractivity contribution in [2.45, 2.75) is 25.5 Å². The molecule has 1 unspecified atom stereocenters. The zero-order chi connectivity index (χ0) is 17.8. The van der Waals surface area contributed by atoms with Gasteiger partial charge in [0, 0.05) is 25.2 Å². The van der Waals surface area contributed by atoms with E-state index in [1.54, 1.807) is 4.90 Å². The highest BCUT2D eigenvalue weighted by atomic mass is 32.2. The third kappa shape index (κ3) is 3.85. The molecule has 6 heteroatoms. The molecule has 1 saturated heterocycles. The molecule has 3 rings (SSSR count). The maximum absolute atomic E-state index is 12.4. The summed E-state index contributed by atoms with van der Waals surface area (Å²) in [5, 5.41) is 5.42. The zero-order valence-electron chi connectivity index (χ0n) is 14.4. The van der Waals surface area contributed by atoms with Crippen LogP contribution < -0.4 is 5.32 Å². The van der Waals surface area contributed by atoms with Crippen LogP contribution in [-0.4, -0.2) is 40.2 Å². The number of carbonyl (C=O) groups is 2.